The highest BCUT2D eigenvalue weighted by Gasteiger charge is 2.19. The van der Waals surface area contributed by atoms with Crippen LogP contribution in [0, 0.1) is 0 Å². The number of hydrogen-bond donors (Lipinski definition) is 1. The first-order chi connectivity index (χ1) is 8.50. The van der Waals surface area contributed by atoms with Gasteiger partial charge in [-0.3, -0.25) is 4.79 Å². The molecule has 2 heterocycles. The maximum atomic E-state index is 11.2. The van der Waals surface area contributed by atoms with Crippen LogP contribution in [0.1, 0.15) is 45.6 Å². The number of fused-ring (bicyclic) bond motifs is 1. The molecule has 0 aliphatic heterocycles. The Morgan fingerprint density at radius 1 is 1.39 bits per heavy atom. The Morgan fingerprint density at radius 3 is 2.72 bits per heavy atom. The number of imidazole rings is 1. The Bertz CT molecular complexity index is 573. The molecule has 0 fully saturated rings. The minimum atomic E-state index is -0.126. The van der Waals surface area contributed by atoms with E-state index in [-0.39, 0.29) is 18.0 Å². The van der Waals surface area contributed by atoms with Gasteiger partial charge in [-0.1, -0.05) is 0 Å². The van der Waals surface area contributed by atoms with Crippen LogP contribution < -0.4 is 5.32 Å². The summed E-state index contributed by atoms with van der Waals surface area (Å²) < 4.78 is 2.07. The van der Waals surface area contributed by atoms with Gasteiger partial charge >= 0.3 is 0 Å². The first-order valence-corrected chi connectivity index (χ1v) is 6.10. The number of nitrogens with one attached hydrogen (secondary N) is 1. The van der Waals surface area contributed by atoms with Gasteiger partial charge in [0, 0.05) is 19.2 Å². The van der Waals surface area contributed by atoms with Crippen molar-refractivity contribution < 1.29 is 4.79 Å². The number of carbonyl (C=O) groups excluding carboxylic acids is 1. The largest absolute Gasteiger partial charge is 0.347 e. The molecule has 1 N–H and O–H groups in total. The highest BCUT2D eigenvalue weighted by atomic mass is 16.1. The second kappa shape index (κ2) is 4.76. The summed E-state index contributed by atoms with van der Waals surface area (Å²) in [6, 6.07) is 3.92. The number of hydrogen-bond acceptors (Lipinski definition) is 3. The highest BCUT2D eigenvalue weighted by molar-refractivity contribution is 5.74. The van der Waals surface area contributed by atoms with Crippen molar-refractivity contribution in [1.82, 2.24) is 19.9 Å². The van der Waals surface area contributed by atoms with Gasteiger partial charge in [-0.15, -0.1) is 0 Å². The number of amides is 1. The van der Waals surface area contributed by atoms with Crippen LogP contribution in [0.15, 0.2) is 18.3 Å². The normalized spacial score (nSPS) is 12.9. The van der Waals surface area contributed by atoms with Crippen LogP contribution in [0.2, 0.25) is 0 Å². The number of aromatic nitrogens is 3. The summed E-state index contributed by atoms with van der Waals surface area (Å²) in [6.45, 7) is 7.61. The zero-order valence-electron chi connectivity index (χ0n) is 11.1. The average molecular weight is 246 g/mol. The van der Waals surface area contributed by atoms with E-state index in [0.29, 0.717) is 0 Å². The monoisotopic (exact) mass is 246 g/mol. The first kappa shape index (κ1) is 12.5. The number of carbonyl (C=O) groups is 1. The number of pyridine rings is 1. The molecule has 5 heteroatoms. The van der Waals surface area contributed by atoms with Crippen molar-refractivity contribution in [3.05, 3.63) is 24.2 Å². The van der Waals surface area contributed by atoms with Crippen molar-refractivity contribution in [2.45, 2.75) is 39.8 Å². The van der Waals surface area contributed by atoms with Gasteiger partial charge in [0.25, 0.3) is 0 Å². The minimum Gasteiger partial charge on any atom is -0.347 e. The molecule has 96 valence electrons. The standard InChI is InChI=1S/C13H18N4O/c1-8(2)17-12(9(3)15-10(4)18)16-11-6-5-7-14-13(11)17/h5-9H,1-4H3,(H,15,18)/t9-/m1/s1. The van der Waals surface area contributed by atoms with E-state index in [4.69, 9.17) is 0 Å². The third-order valence-electron chi connectivity index (χ3n) is 2.80. The van der Waals surface area contributed by atoms with Crippen LogP contribution in [0.4, 0.5) is 0 Å². The van der Waals surface area contributed by atoms with Crippen molar-refractivity contribution >= 4 is 17.1 Å². The Hall–Kier alpha value is -1.91. The molecule has 0 spiro atoms. The molecule has 2 aromatic rings. The summed E-state index contributed by atoms with van der Waals surface area (Å²) in [5.74, 6) is 0.784. The molecule has 0 radical (unpaired) electrons. The fourth-order valence-corrected chi connectivity index (χ4v) is 2.13. The molecule has 18 heavy (non-hydrogen) atoms. The van der Waals surface area contributed by atoms with Crippen molar-refractivity contribution in [3.63, 3.8) is 0 Å². The van der Waals surface area contributed by atoms with Crippen LogP contribution in [0.5, 0.6) is 0 Å². The summed E-state index contributed by atoms with van der Waals surface area (Å²) in [7, 11) is 0. The topological polar surface area (TPSA) is 59.8 Å². The second-order valence-electron chi connectivity index (χ2n) is 4.70. The lowest BCUT2D eigenvalue weighted by Gasteiger charge is -2.17. The summed E-state index contributed by atoms with van der Waals surface area (Å²) in [6.07, 6.45) is 1.76. The Kier molecular flexibility index (Phi) is 3.32. The smallest absolute Gasteiger partial charge is 0.217 e. The van der Waals surface area contributed by atoms with E-state index in [1.165, 1.54) is 6.92 Å². The second-order valence-corrected chi connectivity index (χ2v) is 4.70. The van der Waals surface area contributed by atoms with Crippen LogP contribution in [-0.2, 0) is 4.79 Å². The maximum absolute atomic E-state index is 11.2. The lowest BCUT2D eigenvalue weighted by atomic mass is 10.3. The van der Waals surface area contributed by atoms with Crippen molar-refractivity contribution in [1.29, 1.82) is 0 Å². The first-order valence-electron chi connectivity index (χ1n) is 6.10. The third kappa shape index (κ3) is 2.20. The van der Waals surface area contributed by atoms with Gasteiger partial charge in [0.2, 0.25) is 5.91 Å². The molecule has 1 amide bonds. The Balaban J connectivity index is 2.55. The van der Waals surface area contributed by atoms with Gasteiger partial charge in [-0.2, -0.15) is 0 Å². The van der Waals surface area contributed by atoms with Gasteiger partial charge in [0.05, 0.1) is 6.04 Å². The molecule has 0 saturated carbocycles. The minimum absolute atomic E-state index is 0.0576. The molecule has 1 atom stereocenters. The molecule has 5 nitrogen and oxygen atoms in total. The number of rotatable bonds is 3. The van der Waals surface area contributed by atoms with Crippen LogP contribution >= 0.6 is 0 Å². The fourth-order valence-electron chi connectivity index (χ4n) is 2.13. The van der Waals surface area contributed by atoms with Crippen molar-refractivity contribution in [3.8, 4) is 0 Å². The Labute approximate surface area is 106 Å². The zero-order chi connectivity index (χ0) is 13.3. The quantitative estimate of drug-likeness (QED) is 0.903. The zero-order valence-corrected chi connectivity index (χ0v) is 11.1. The Morgan fingerprint density at radius 2 is 2.11 bits per heavy atom. The van der Waals surface area contributed by atoms with Crippen molar-refractivity contribution in [2.24, 2.45) is 0 Å². The molecule has 0 saturated heterocycles. The molecule has 2 rings (SSSR count). The van der Waals surface area contributed by atoms with E-state index in [0.717, 1.165) is 17.0 Å². The summed E-state index contributed by atoms with van der Waals surface area (Å²) in [5.41, 5.74) is 1.72. The molecule has 0 aliphatic rings. The molecule has 0 aliphatic carbocycles. The predicted octanol–water partition coefficient (Wildman–Crippen LogP) is 2.21. The third-order valence-corrected chi connectivity index (χ3v) is 2.80. The molecular formula is C13H18N4O. The lowest BCUT2D eigenvalue weighted by molar-refractivity contribution is -0.119. The molecule has 0 bridgehead atoms. The van der Waals surface area contributed by atoms with Crippen molar-refractivity contribution in [2.75, 3.05) is 0 Å². The summed E-state index contributed by atoms with van der Waals surface area (Å²) in [4.78, 5) is 20.1. The van der Waals surface area contributed by atoms with E-state index < -0.39 is 0 Å². The van der Waals surface area contributed by atoms with Gasteiger partial charge in [0.1, 0.15) is 11.3 Å². The fraction of sp³-hybridized carbons (Fsp3) is 0.462. The van der Waals surface area contributed by atoms with E-state index in [1.54, 1.807) is 6.20 Å². The molecular weight excluding hydrogens is 228 g/mol. The lowest BCUT2D eigenvalue weighted by Crippen LogP contribution is -2.26. The SMILES string of the molecule is CC(=O)N[C@H](C)c1nc2cccnc2n1C(C)C. The van der Waals surface area contributed by atoms with Crippen LogP contribution in [-0.4, -0.2) is 20.4 Å². The van der Waals surface area contributed by atoms with Gasteiger partial charge in [0.15, 0.2) is 5.65 Å². The molecule has 0 aromatic carbocycles. The maximum Gasteiger partial charge on any atom is 0.217 e. The number of nitrogens with zero attached hydrogens (tertiary/aromatic N) is 3. The molecule has 2 aromatic heterocycles. The van der Waals surface area contributed by atoms with Crippen LogP contribution in [0.25, 0.3) is 11.2 Å². The summed E-state index contributed by atoms with van der Waals surface area (Å²) >= 11 is 0. The van der Waals surface area contributed by atoms with Gasteiger partial charge in [-0.25, -0.2) is 9.97 Å². The molecule has 0 unspecified atom stereocenters. The van der Waals surface area contributed by atoms with E-state index in [2.05, 4.69) is 33.7 Å². The average Bonchev–Trinajstić information content (AvgIpc) is 2.67. The van der Waals surface area contributed by atoms with E-state index >= 15 is 0 Å². The predicted molar refractivity (Wildman–Crippen MR) is 70.1 cm³/mol. The highest BCUT2D eigenvalue weighted by Crippen LogP contribution is 2.23. The van der Waals surface area contributed by atoms with E-state index in [9.17, 15) is 4.79 Å². The summed E-state index contributed by atoms with van der Waals surface area (Å²) in [5, 5.41) is 2.87. The van der Waals surface area contributed by atoms with E-state index in [1.807, 2.05) is 19.1 Å². The van der Waals surface area contributed by atoms with Gasteiger partial charge in [-0.05, 0) is 32.9 Å². The van der Waals surface area contributed by atoms with Crippen LogP contribution in [0.3, 0.4) is 0 Å². The van der Waals surface area contributed by atoms with Gasteiger partial charge < -0.3 is 9.88 Å².